The summed E-state index contributed by atoms with van der Waals surface area (Å²) in [7, 11) is 0. The number of hydrogen-bond acceptors (Lipinski definition) is 5. The third-order valence-corrected chi connectivity index (χ3v) is 5.04. The molecule has 0 spiro atoms. The summed E-state index contributed by atoms with van der Waals surface area (Å²) in [4.78, 5) is 0. The molecule has 6 nitrogen and oxygen atoms in total. The van der Waals surface area contributed by atoms with Crippen LogP contribution in [-0.4, -0.2) is 15.4 Å². The van der Waals surface area contributed by atoms with Crippen LogP contribution in [0.1, 0.15) is 37.1 Å². The predicted molar refractivity (Wildman–Crippen MR) is 110 cm³/mol. The van der Waals surface area contributed by atoms with Crippen molar-refractivity contribution in [1.29, 1.82) is 0 Å². The fraction of sp³-hybridized carbons (Fsp3) is 0.261. The van der Waals surface area contributed by atoms with Gasteiger partial charge in [0, 0.05) is 17.0 Å². The Bertz CT molecular complexity index is 1050. The van der Waals surface area contributed by atoms with E-state index in [-0.39, 0.29) is 0 Å². The number of rotatable bonds is 7. The van der Waals surface area contributed by atoms with Crippen molar-refractivity contribution in [2.75, 3.05) is 0 Å². The Hall–Kier alpha value is -3.25. The van der Waals surface area contributed by atoms with Crippen molar-refractivity contribution in [3.63, 3.8) is 0 Å². The molecule has 2 N–H and O–H groups in total. The smallest absolute Gasteiger partial charge is 0.271 e. The number of nitrogens with two attached hydrogens (primary N) is 1. The van der Waals surface area contributed by atoms with Crippen molar-refractivity contribution in [3.05, 3.63) is 77.9 Å². The van der Waals surface area contributed by atoms with Crippen LogP contribution in [0.2, 0.25) is 0 Å². The molecule has 1 atom stereocenters. The molecule has 4 rings (SSSR count). The quantitative estimate of drug-likeness (QED) is 0.513. The van der Waals surface area contributed by atoms with Gasteiger partial charge in [0.15, 0.2) is 6.54 Å². The number of aromatic nitrogens is 3. The van der Waals surface area contributed by atoms with Crippen molar-refractivity contribution in [1.82, 2.24) is 15.4 Å². The largest absolute Gasteiger partial charge is 0.415 e. The van der Waals surface area contributed by atoms with Crippen molar-refractivity contribution < 1.29 is 14.3 Å². The first-order chi connectivity index (χ1) is 14.1. The third kappa shape index (κ3) is 4.12. The van der Waals surface area contributed by atoms with Gasteiger partial charge in [-0.25, -0.2) is 0 Å². The van der Waals surface area contributed by atoms with E-state index in [1.165, 1.54) is 5.56 Å². The Morgan fingerprint density at radius 3 is 2.31 bits per heavy atom. The highest BCUT2D eigenvalue weighted by Gasteiger charge is 2.24. The molecular weight excluding hydrogens is 364 g/mol. The topological polar surface area (TPSA) is 81.6 Å². The van der Waals surface area contributed by atoms with Gasteiger partial charge in [0.1, 0.15) is 23.1 Å². The Balaban J connectivity index is 1.55. The van der Waals surface area contributed by atoms with Gasteiger partial charge in [-0.1, -0.05) is 79.7 Å². The minimum absolute atomic E-state index is 0.323. The molecule has 0 saturated carbocycles. The lowest BCUT2D eigenvalue weighted by Crippen LogP contribution is -2.84. The molecule has 0 amide bonds. The summed E-state index contributed by atoms with van der Waals surface area (Å²) in [6.07, 6.45) is 0. The zero-order valence-corrected chi connectivity index (χ0v) is 16.9. The first-order valence-electron chi connectivity index (χ1n) is 9.86. The van der Waals surface area contributed by atoms with Crippen LogP contribution in [0.4, 0.5) is 0 Å². The SMILES string of the molecule is Cc1onc(-c2ccccc2)c1-c1nnc(C[NH2+][C@H](c2ccccc2)C(C)C)o1. The summed E-state index contributed by atoms with van der Waals surface area (Å²) in [5.74, 6) is 2.16. The van der Waals surface area contributed by atoms with Gasteiger partial charge < -0.3 is 14.3 Å². The number of benzene rings is 2. The molecule has 2 aromatic heterocycles. The van der Waals surface area contributed by atoms with E-state index < -0.39 is 0 Å². The molecule has 4 aromatic rings. The summed E-state index contributed by atoms with van der Waals surface area (Å²) >= 11 is 0. The van der Waals surface area contributed by atoms with Crippen LogP contribution < -0.4 is 5.32 Å². The molecule has 0 aliphatic carbocycles. The van der Waals surface area contributed by atoms with Crippen LogP contribution in [0.5, 0.6) is 0 Å². The molecular formula is C23H25N4O2+. The van der Waals surface area contributed by atoms with Crippen LogP contribution in [0, 0.1) is 12.8 Å². The molecule has 0 saturated heterocycles. The molecule has 0 aliphatic rings. The monoisotopic (exact) mass is 389 g/mol. The Labute approximate surface area is 170 Å². The Morgan fingerprint density at radius 1 is 0.931 bits per heavy atom. The van der Waals surface area contributed by atoms with Gasteiger partial charge in [0.05, 0.1) is 0 Å². The standard InChI is InChI=1S/C23H24N4O2/c1-15(2)21(17-10-6-4-7-11-17)24-14-19-25-26-23(28-19)20-16(3)29-27-22(20)18-12-8-5-9-13-18/h4-13,15,21,24H,14H2,1-3H3/p+1/t21-/m0/s1. The van der Waals surface area contributed by atoms with Crippen LogP contribution in [0.15, 0.2) is 69.6 Å². The molecule has 29 heavy (non-hydrogen) atoms. The lowest BCUT2D eigenvalue weighted by Gasteiger charge is -2.18. The second-order valence-electron chi connectivity index (χ2n) is 7.45. The molecule has 0 bridgehead atoms. The van der Waals surface area contributed by atoms with Crippen molar-refractivity contribution in [3.8, 4) is 22.7 Å². The highest BCUT2D eigenvalue weighted by Crippen LogP contribution is 2.33. The maximum Gasteiger partial charge on any atom is 0.271 e. The molecule has 148 valence electrons. The van der Waals surface area contributed by atoms with E-state index in [0.29, 0.717) is 41.7 Å². The fourth-order valence-corrected chi connectivity index (χ4v) is 3.55. The zero-order chi connectivity index (χ0) is 20.2. The number of aryl methyl sites for hydroxylation is 1. The number of quaternary nitrogens is 1. The molecule has 0 radical (unpaired) electrons. The van der Waals surface area contributed by atoms with E-state index in [1.807, 2.05) is 43.3 Å². The minimum Gasteiger partial charge on any atom is -0.415 e. The maximum atomic E-state index is 5.98. The van der Waals surface area contributed by atoms with Crippen LogP contribution in [-0.2, 0) is 6.54 Å². The molecule has 0 fully saturated rings. The van der Waals surface area contributed by atoms with Crippen molar-refractivity contribution in [2.45, 2.75) is 33.4 Å². The van der Waals surface area contributed by atoms with E-state index in [1.54, 1.807) is 0 Å². The summed E-state index contributed by atoms with van der Waals surface area (Å²) in [6.45, 7) is 6.91. The van der Waals surface area contributed by atoms with Gasteiger partial charge in [-0.05, 0) is 6.92 Å². The maximum absolute atomic E-state index is 5.98. The van der Waals surface area contributed by atoms with E-state index in [9.17, 15) is 0 Å². The van der Waals surface area contributed by atoms with Gasteiger partial charge in [-0.2, -0.15) is 0 Å². The van der Waals surface area contributed by atoms with Gasteiger partial charge >= 0.3 is 0 Å². The number of hydrogen-bond donors (Lipinski definition) is 1. The molecule has 0 aliphatic heterocycles. The summed E-state index contributed by atoms with van der Waals surface area (Å²) in [6, 6.07) is 20.7. The lowest BCUT2D eigenvalue weighted by molar-refractivity contribution is -0.719. The van der Waals surface area contributed by atoms with Crippen LogP contribution in [0.25, 0.3) is 22.7 Å². The summed E-state index contributed by atoms with van der Waals surface area (Å²) in [5.41, 5.74) is 3.71. The van der Waals surface area contributed by atoms with E-state index in [4.69, 9.17) is 8.94 Å². The molecule has 0 unspecified atom stereocenters. The molecule has 6 heteroatoms. The third-order valence-electron chi connectivity index (χ3n) is 5.04. The normalized spacial score (nSPS) is 12.4. The predicted octanol–water partition coefficient (Wildman–Crippen LogP) is 4.16. The van der Waals surface area contributed by atoms with Crippen molar-refractivity contribution >= 4 is 0 Å². The summed E-state index contributed by atoms with van der Waals surface area (Å²) in [5, 5.41) is 15.0. The lowest BCUT2D eigenvalue weighted by atomic mass is 9.96. The average molecular weight is 389 g/mol. The highest BCUT2D eigenvalue weighted by molar-refractivity contribution is 5.77. The first kappa shape index (κ1) is 19.1. The number of nitrogens with zero attached hydrogens (tertiary/aromatic N) is 3. The van der Waals surface area contributed by atoms with Crippen molar-refractivity contribution in [2.24, 2.45) is 5.92 Å². The minimum atomic E-state index is 0.323. The van der Waals surface area contributed by atoms with E-state index in [0.717, 1.165) is 11.1 Å². The van der Waals surface area contributed by atoms with Gasteiger partial charge in [-0.15, -0.1) is 10.2 Å². The molecule has 2 aromatic carbocycles. The van der Waals surface area contributed by atoms with E-state index in [2.05, 4.69) is 58.8 Å². The van der Waals surface area contributed by atoms with Crippen LogP contribution in [0.3, 0.4) is 0 Å². The zero-order valence-electron chi connectivity index (χ0n) is 16.9. The average Bonchev–Trinajstić information content (AvgIpc) is 3.35. The fourth-order valence-electron chi connectivity index (χ4n) is 3.55. The van der Waals surface area contributed by atoms with Crippen LogP contribution >= 0.6 is 0 Å². The Kier molecular flexibility index (Phi) is 5.53. The highest BCUT2D eigenvalue weighted by atomic mass is 16.5. The van der Waals surface area contributed by atoms with Gasteiger partial charge in [0.25, 0.3) is 11.8 Å². The molecule has 2 heterocycles. The first-order valence-corrected chi connectivity index (χ1v) is 9.86. The summed E-state index contributed by atoms with van der Waals surface area (Å²) < 4.78 is 11.4. The van der Waals surface area contributed by atoms with E-state index >= 15 is 0 Å². The van der Waals surface area contributed by atoms with Gasteiger partial charge in [-0.3, -0.25) is 0 Å². The van der Waals surface area contributed by atoms with Gasteiger partial charge in [0.2, 0.25) is 0 Å². The Morgan fingerprint density at radius 2 is 1.62 bits per heavy atom. The second kappa shape index (κ2) is 8.41. The second-order valence-corrected chi connectivity index (χ2v) is 7.45.